The molecule has 0 spiro atoms. The number of nitriles is 1. The first kappa shape index (κ1) is 34.1. The summed E-state index contributed by atoms with van der Waals surface area (Å²) in [5.41, 5.74) is 0.226. The number of hydrogen-bond donors (Lipinski definition) is 2. The number of carbonyl (C=O) groups excluding carboxylic acids is 2. The summed E-state index contributed by atoms with van der Waals surface area (Å²) in [6, 6.07) is 16.4. The highest BCUT2D eigenvalue weighted by Crippen LogP contribution is 2.40. The topological polar surface area (TPSA) is 117 Å². The lowest BCUT2D eigenvalue weighted by Crippen LogP contribution is -2.53. The second-order valence-corrected chi connectivity index (χ2v) is 12.0. The highest BCUT2D eigenvalue weighted by atomic mass is 19.4. The van der Waals surface area contributed by atoms with Crippen LogP contribution >= 0.6 is 0 Å². The molecule has 0 radical (unpaired) electrons. The van der Waals surface area contributed by atoms with Crippen molar-refractivity contribution in [2.45, 2.75) is 57.7 Å². The molecule has 2 aromatic carbocycles. The van der Waals surface area contributed by atoms with E-state index in [1.165, 1.54) is 6.07 Å². The summed E-state index contributed by atoms with van der Waals surface area (Å²) in [6.45, 7) is 8.56. The van der Waals surface area contributed by atoms with Gasteiger partial charge < -0.3 is 25.0 Å². The molecular weight excluding hydrogens is 599 g/mol. The quantitative estimate of drug-likeness (QED) is 0.268. The van der Waals surface area contributed by atoms with Crippen LogP contribution in [0, 0.1) is 11.3 Å². The number of nitrogens with zero attached hydrogens (tertiary/aromatic N) is 3. The number of hydrogen-bond acceptors (Lipinski definition) is 7. The second-order valence-electron chi connectivity index (χ2n) is 12.0. The fourth-order valence-corrected chi connectivity index (χ4v) is 5.51. The standard InChI is InChI=1S/C34H38F3N5O4/c1-5-45-29-27(7-6-16-39-29)23-8-10-25(11-9-23)33(30(43)40-17-18-41-31(44)46-32(2,3)4)14-19-42(20-15-33)28-13-12-26(34(35,36)37)21-24(28)22-38/h6-13,16,21H,5,14-15,17-20H2,1-4H3,(H,40,43)(H,41,44). The number of ether oxygens (including phenoxy) is 2. The molecule has 1 aliphatic rings. The zero-order valence-corrected chi connectivity index (χ0v) is 26.3. The summed E-state index contributed by atoms with van der Waals surface area (Å²) in [4.78, 5) is 32.1. The Labute approximate surface area is 266 Å². The van der Waals surface area contributed by atoms with E-state index in [1.54, 1.807) is 27.0 Å². The maximum absolute atomic E-state index is 13.9. The molecule has 0 aliphatic carbocycles. The van der Waals surface area contributed by atoms with Crippen LogP contribution in [0.4, 0.5) is 23.7 Å². The maximum Gasteiger partial charge on any atom is 0.416 e. The van der Waals surface area contributed by atoms with Crippen LogP contribution in [0.2, 0.25) is 0 Å². The molecule has 4 rings (SSSR count). The molecule has 0 unspecified atom stereocenters. The number of piperidine rings is 1. The number of alkyl halides is 3. The molecule has 0 saturated carbocycles. The van der Waals surface area contributed by atoms with E-state index in [4.69, 9.17) is 9.47 Å². The van der Waals surface area contributed by atoms with E-state index in [1.807, 2.05) is 54.3 Å². The molecular formula is C34H38F3N5O4. The third kappa shape index (κ3) is 8.07. The van der Waals surface area contributed by atoms with Crippen molar-refractivity contribution in [3.05, 3.63) is 77.5 Å². The van der Waals surface area contributed by atoms with Gasteiger partial charge in [0.15, 0.2) is 0 Å². The van der Waals surface area contributed by atoms with E-state index >= 15 is 0 Å². The van der Waals surface area contributed by atoms with Crippen LogP contribution in [0.1, 0.15) is 57.2 Å². The van der Waals surface area contributed by atoms with Gasteiger partial charge in [0.1, 0.15) is 11.7 Å². The smallest absolute Gasteiger partial charge is 0.416 e. The van der Waals surface area contributed by atoms with Crippen LogP contribution in [0.15, 0.2) is 60.8 Å². The van der Waals surface area contributed by atoms with Gasteiger partial charge in [0.25, 0.3) is 0 Å². The van der Waals surface area contributed by atoms with Gasteiger partial charge in [-0.2, -0.15) is 18.4 Å². The normalized spacial score (nSPS) is 14.6. The fourth-order valence-electron chi connectivity index (χ4n) is 5.51. The van der Waals surface area contributed by atoms with E-state index in [-0.39, 0.29) is 24.6 Å². The molecule has 2 heterocycles. The Hall–Kier alpha value is -4.79. The highest BCUT2D eigenvalue weighted by Gasteiger charge is 2.43. The Kier molecular flexibility index (Phi) is 10.5. The highest BCUT2D eigenvalue weighted by molar-refractivity contribution is 5.89. The van der Waals surface area contributed by atoms with E-state index < -0.39 is 28.8 Å². The molecule has 244 valence electrons. The molecule has 2 N–H and O–H groups in total. The average molecular weight is 638 g/mol. The lowest BCUT2D eigenvalue weighted by atomic mass is 9.71. The largest absolute Gasteiger partial charge is 0.478 e. The van der Waals surface area contributed by atoms with Crippen LogP contribution in [0.5, 0.6) is 5.88 Å². The Morgan fingerprint density at radius 3 is 2.30 bits per heavy atom. The number of aromatic nitrogens is 1. The summed E-state index contributed by atoms with van der Waals surface area (Å²) >= 11 is 0. The summed E-state index contributed by atoms with van der Waals surface area (Å²) in [5.74, 6) is 0.260. The number of halogens is 3. The Balaban J connectivity index is 1.57. The Morgan fingerprint density at radius 2 is 1.70 bits per heavy atom. The minimum atomic E-state index is -4.57. The molecule has 1 aliphatic heterocycles. The van der Waals surface area contributed by atoms with Crippen LogP contribution in [0.3, 0.4) is 0 Å². The molecule has 46 heavy (non-hydrogen) atoms. The first-order valence-electron chi connectivity index (χ1n) is 15.1. The van der Waals surface area contributed by atoms with E-state index in [2.05, 4.69) is 15.6 Å². The van der Waals surface area contributed by atoms with Crippen molar-refractivity contribution in [3.63, 3.8) is 0 Å². The molecule has 1 fully saturated rings. The number of rotatable bonds is 9. The molecule has 3 aromatic rings. The van der Waals surface area contributed by atoms with E-state index in [9.17, 15) is 28.0 Å². The summed E-state index contributed by atoms with van der Waals surface area (Å²) in [6.07, 6.45) is -2.83. The number of alkyl carbamates (subject to hydrolysis) is 1. The zero-order chi connectivity index (χ0) is 33.5. The van der Waals surface area contributed by atoms with Gasteiger partial charge >= 0.3 is 12.3 Å². The summed E-state index contributed by atoms with van der Waals surface area (Å²) < 4.78 is 50.8. The van der Waals surface area contributed by atoms with Gasteiger partial charge in [-0.1, -0.05) is 24.3 Å². The minimum absolute atomic E-state index is 0.0779. The van der Waals surface area contributed by atoms with Gasteiger partial charge in [0, 0.05) is 37.9 Å². The van der Waals surface area contributed by atoms with Gasteiger partial charge in [-0.05, 0) is 82.0 Å². The SMILES string of the molecule is CCOc1ncccc1-c1ccc(C2(C(=O)NCCNC(=O)OC(C)(C)C)CCN(c3ccc(C(F)(F)F)cc3C#N)CC2)cc1. The summed E-state index contributed by atoms with van der Waals surface area (Å²) in [5, 5.41) is 15.2. The van der Waals surface area contributed by atoms with Crippen molar-refractivity contribution in [2.24, 2.45) is 0 Å². The number of pyridine rings is 1. The second kappa shape index (κ2) is 14.1. The molecule has 0 atom stereocenters. The monoisotopic (exact) mass is 637 g/mol. The number of anilines is 1. The zero-order valence-electron chi connectivity index (χ0n) is 26.3. The van der Waals surface area contributed by atoms with Gasteiger partial charge in [-0.15, -0.1) is 0 Å². The van der Waals surface area contributed by atoms with E-state index in [0.29, 0.717) is 44.1 Å². The molecule has 1 saturated heterocycles. The number of nitrogens with one attached hydrogen (secondary N) is 2. The first-order chi connectivity index (χ1) is 21.8. The van der Waals surface area contributed by atoms with Gasteiger partial charge in [0.05, 0.1) is 28.8 Å². The first-order valence-corrected chi connectivity index (χ1v) is 15.1. The van der Waals surface area contributed by atoms with Crippen LogP contribution in [-0.4, -0.2) is 55.4 Å². The van der Waals surface area contributed by atoms with Crippen LogP contribution in [0.25, 0.3) is 11.1 Å². The van der Waals surface area contributed by atoms with Crippen LogP contribution in [-0.2, 0) is 21.1 Å². The van der Waals surface area contributed by atoms with Crippen LogP contribution < -0.4 is 20.3 Å². The Morgan fingerprint density at radius 1 is 1.02 bits per heavy atom. The lowest BCUT2D eigenvalue weighted by molar-refractivity contribution is -0.137. The van der Waals surface area contributed by atoms with E-state index in [0.717, 1.165) is 28.8 Å². The van der Waals surface area contributed by atoms with Crippen molar-refractivity contribution >= 4 is 17.7 Å². The van der Waals surface area contributed by atoms with Crippen molar-refractivity contribution in [1.82, 2.24) is 15.6 Å². The lowest BCUT2D eigenvalue weighted by Gasteiger charge is -2.42. The van der Waals surface area contributed by atoms with Crippen molar-refractivity contribution < 1.29 is 32.2 Å². The third-order valence-electron chi connectivity index (χ3n) is 7.72. The average Bonchev–Trinajstić information content (AvgIpc) is 3.02. The third-order valence-corrected chi connectivity index (χ3v) is 7.72. The predicted octanol–water partition coefficient (Wildman–Crippen LogP) is 6.22. The number of carbonyl (C=O) groups is 2. The molecule has 0 bridgehead atoms. The predicted molar refractivity (Wildman–Crippen MR) is 167 cm³/mol. The van der Waals surface area contributed by atoms with Crippen molar-refractivity contribution in [3.8, 4) is 23.1 Å². The molecule has 12 heteroatoms. The molecule has 9 nitrogen and oxygen atoms in total. The fraction of sp³-hybridized carbons (Fsp3) is 0.412. The van der Waals surface area contributed by atoms with Crippen molar-refractivity contribution in [2.75, 3.05) is 37.7 Å². The molecule has 1 aromatic heterocycles. The summed E-state index contributed by atoms with van der Waals surface area (Å²) in [7, 11) is 0. The number of benzene rings is 2. The molecule has 2 amide bonds. The Bertz CT molecular complexity index is 1570. The number of amides is 2. The van der Waals surface area contributed by atoms with Gasteiger partial charge in [-0.3, -0.25) is 4.79 Å². The van der Waals surface area contributed by atoms with Crippen molar-refractivity contribution in [1.29, 1.82) is 5.26 Å². The minimum Gasteiger partial charge on any atom is -0.478 e. The van der Waals surface area contributed by atoms with Gasteiger partial charge in [-0.25, -0.2) is 9.78 Å². The van der Waals surface area contributed by atoms with Gasteiger partial charge in [0.2, 0.25) is 11.8 Å². The maximum atomic E-state index is 13.9.